The first-order chi connectivity index (χ1) is 15.3. The number of carbonyl (C=O) groups excluding carboxylic acids is 1. The predicted octanol–water partition coefficient (Wildman–Crippen LogP) is 3.17. The average Bonchev–Trinajstić information content (AvgIpc) is 2.88. The summed E-state index contributed by atoms with van der Waals surface area (Å²) < 4.78 is 0. The minimum atomic E-state index is -0.147. The second-order valence-electron chi connectivity index (χ2n) is 5.64. The number of pyridine rings is 4. The van der Waals surface area contributed by atoms with Crippen LogP contribution in [0.3, 0.4) is 0 Å². The Hall–Kier alpha value is -4.05. The van der Waals surface area contributed by atoms with Gasteiger partial charge in [-0.05, 0) is 48.5 Å². The highest BCUT2D eigenvalue weighted by molar-refractivity contribution is 6.10. The maximum atomic E-state index is 11.7. The highest BCUT2D eigenvalue weighted by Crippen LogP contribution is 2.05. The van der Waals surface area contributed by atoms with Gasteiger partial charge in [-0.2, -0.15) is 0 Å². The Balaban J connectivity index is 0.000000289. The van der Waals surface area contributed by atoms with Crippen molar-refractivity contribution in [3.05, 3.63) is 120 Å². The second kappa shape index (κ2) is 14.9. The first-order valence-electron chi connectivity index (χ1n) is 8.97. The molecule has 0 spiro atoms. The van der Waals surface area contributed by atoms with Crippen molar-refractivity contribution in [2.75, 3.05) is 0 Å². The van der Waals surface area contributed by atoms with E-state index >= 15 is 0 Å². The maximum absolute atomic E-state index is 11.7. The van der Waals surface area contributed by atoms with Gasteiger partial charge in [-0.25, -0.2) is 5.90 Å². The monoisotopic (exact) mass is 452 g/mol. The van der Waals surface area contributed by atoms with Gasteiger partial charge in [0.2, 0.25) is 5.78 Å². The van der Waals surface area contributed by atoms with Gasteiger partial charge in [-0.1, -0.05) is 29.4 Å². The Labute approximate surface area is 190 Å². The maximum Gasteiger partial charge on any atom is 0.229 e. The summed E-state index contributed by atoms with van der Waals surface area (Å²) in [7, 11) is 0. The molecule has 0 saturated carbocycles. The fourth-order valence-corrected chi connectivity index (χ4v) is 2.36. The summed E-state index contributed by atoms with van der Waals surface area (Å²) in [6.45, 7) is 0. The normalized spacial score (nSPS) is 8.94. The van der Waals surface area contributed by atoms with Crippen molar-refractivity contribution in [1.29, 1.82) is 0 Å². The summed E-state index contributed by atoms with van der Waals surface area (Å²) >= 11 is 0. The van der Waals surface area contributed by atoms with Crippen LogP contribution in [-0.4, -0.2) is 41.8 Å². The Morgan fingerprint density at radius 1 is 0.625 bits per heavy atom. The molecular formula is C22H21ClN6O3. The lowest BCUT2D eigenvalue weighted by Crippen LogP contribution is -2.07. The average molecular weight is 453 g/mol. The van der Waals surface area contributed by atoms with Crippen molar-refractivity contribution in [2.45, 2.75) is 0 Å². The van der Waals surface area contributed by atoms with Gasteiger partial charge in [-0.15, -0.1) is 12.4 Å². The van der Waals surface area contributed by atoms with Crippen molar-refractivity contribution >= 4 is 23.9 Å². The van der Waals surface area contributed by atoms with Crippen LogP contribution < -0.4 is 5.90 Å². The minimum absolute atomic E-state index is 0. The molecule has 0 aliphatic heterocycles. The van der Waals surface area contributed by atoms with Gasteiger partial charge in [0.05, 0.1) is 11.4 Å². The zero-order valence-corrected chi connectivity index (χ0v) is 17.6. The molecule has 0 aromatic carbocycles. The van der Waals surface area contributed by atoms with Crippen molar-refractivity contribution in [2.24, 2.45) is 11.1 Å². The van der Waals surface area contributed by atoms with Crippen LogP contribution in [0.15, 0.2) is 103 Å². The molecule has 4 rings (SSSR count). The van der Waals surface area contributed by atoms with E-state index < -0.39 is 0 Å². The summed E-state index contributed by atoms with van der Waals surface area (Å²) in [5, 5.41) is 18.7. The first kappa shape index (κ1) is 26.0. The van der Waals surface area contributed by atoms with Crippen LogP contribution in [-0.2, 0) is 0 Å². The van der Waals surface area contributed by atoms with Crippen molar-refractivity contribution in [3.8, 4) is 0 Å². The molecule has 4 aromatic heterocycles. The van der Waals surface area contributed by atoms with E-state index in [1.165, 1.54) is 0 Å². The molecule has 0 aliphatic carbocycles. The summed E-state index contributed by atoms with van der Waals surface area (Å²) in [5.41, 5.74) is 2.41. The number of halogens is 1. The van der Waals surface area contributed by atoms with Gasteiger partial charge < -0.3 is 10.4 Å². The number of rotatable bonds is 4. The van der Waals surface area contributed by atoms with E-state index in [2.05, 4.69) is 31.0 Å². The topological polar surface area (TPSA) is 147 Å². The molecule has 32 heavy (non-hydrogen) atoms. The van der Waals surface area contributed by atoms with Crippen LogP contribution in [0.25, 0.3) is 0 Å². The lowest BCUT2D eigenvalue weighted by Gasteiger charge is -2.01. The molecule has 0 radical (unpaired) electrons. The van der Waals surface area contributed by atoms with Gasteiger partial charge in [0.25, 0.3) is 0 Å². The van der Waals surface area contributed by atoms with Crippen LogP contribution in [0.4, 0.5) is 0 Å². The number of hydrogen-bond donors (Lipinski definition) is 3. The molecule has 164 valence electrons. The van der Waals surface area contributed by atoms with Crippen LogP contribution in [0, 0.1) is 0 Å². The molecule has 4 heterocycles. The molecule has 0 fully saturated rings. The lowest BCUT2D eigenvalue weighted by atomic mass is 10.1. The predicted molar refractivity (Wildman–Crippen MR) is 121 cm³/mol. The SMILES string of the molecule is Cl.NO.O=C(c1ccccn1)c1ccccn1.ON=C(c1ccccn1)c1ccccn1. The Kier molecular flexibility index (Phi) is 12.1. The number of hydrogen-bond acceptors (Lipinski definition) is 9. The van der Waals surface area contributed by atoms with E-state index in [0.29, 0.717) is 28.5 Å². The number of carbonyl (C=O) groups is 1. The van der Waals surface area contributed by atoms with Gasteiger partial charge in [-0.3, -0.25) is 24.7 Å². The Bertz CT molecular complexity index is 987. The third-order valence-corrected chi connectivity index (χ3v) is 3.71. The molecular weight excluding hydrogens is 432 g/mol. The molecule has 0 saturated heterocycles. The van der Waals surface area contributed by atoms with E-state index in [4.69, 9.17) is 10.4 Å². The largest absolute Gasteiger partial charge is 0.410 e. The van der Waals surface area contributed by atoms with Crippen LogP contribution in [0.1, 0.15) is 27.6 Å². The number of nitrogens with two attached hydrogens (primary N) is 1. The van der Waals surface area contributed by atoms with Gasteiger partial charge in [0.1, 0.15) is 11.4 Å². The smallest absolute Gasteiger partial charge is 0.229 e. The molecule has 10 heteroatoms. The Morgan fingerprint density at radius 2 is 0.938 bits per heavy atom. The first-order valence-corrected chi connectivity index (χ1v) is 8.97. The highest BCUT2D eigenvalue weighted by atomic mass is 35.5. The Morgan fingerprint density at radius 3 is 1.19 bits per heavy atom. The van der Waals surface area contributed by atoms with Crippen LogP contribution in [0.5, 0.6) is 0 Å². The zero-order chi connectivity index (χ0) is 22.3. The second-order valence-corrected chi connectivity index (χ2v) is 5.64. The number of oxime groups is 1. The van der Waals surface area contributed by atoms with E-state index in [9.17, 15) is 4.79 Å². The van der Waals surface area contributed by atoms with Crippen LogP contribution in [0.2, 0.25) is 0 Å². The van der Waals surface area contributed by atoms with Crippen molar-refractivity contribution in [3.63, 3.8) is 0 Å². The fourth-order valence-electron chi connectivity index (χ4n) is 2.36. The third-order valence-electron chi connectivity index (χ3n) is 3.71. The number of nitrogens with zero attached hydrogens (tertiary/aromatic N) is 5. The van der Waals surface area contributed by atoms with Crippen molar-refractivity contribution < 1.29 is 15.2 Å². The molecule has 0 unspecified atom stereocenters. The minimum Gasteiger partial charge on any atom is -0.410 e. The molecule has 0 amide bonds. The zero-order valence-electron chi connectivity index (χ0n) is 16.8. The lowest BCUT2D eigenvalue weighted by molar-refractivity contribution is 0.103. The number of ketones is 1. The molecule has 0 atom stereocenters. The van der Waals surface area contributed by atoms with E-state index in [1.54, 1.807) is 85.5 Å². The van der Waals surface area contributed by atoms with E-state index in [0.717, 1.165) is 0 Å². The van der Waals surface area contributed by atoms with Crippen molar-refractivity contribution in [1.82, 2.24) is 19.9 Å². The van der Waals surface area contributed by atoms with E-state index in [1.807, 2.05) is 12.1 Å². The quantitative estimate of drug-likeness (QED) is 0.185. The standard InChI is InChI=1S/C11H9N3O.C11H8N2O.ClH.H3NO/c15-14-11(9-5-1-3-7-12-9)10-6-2-4-8-13-10;14-11(9-5-1-3-7-12-9)10-6-2-4-8-13-10;;1-2/h1-8,15H;1-8H;1H;2H,1H2. The molecule has 0 bridgehead atoms. The molecule has 9 nitrogen and oxygen atoms in total. The summed E-state index contributed by atoms with van der Waals surface area (Å²) in [5.74, 6) is 3.35. The van der Waals surface area contributed by atoms with E-state index in [-0.39, 0.29) is 18.2 Å². The third kappa shape index (κ3) is 7.65. The van der Waals surface area contributed by atoms with Gasteiger partial charge in [0.15, 0.2) is 5.71 Å². The van der Waals surface area contributed by atoms with Gasteiger partial charge in [0, 0.05) is 24.8 Å². The number of aromatic nitrogens is 4. The highest BCUT2D eigenvalue weighted by Gasteiger charge is 2.10. The molecule has 0 aliphatic rings. The fraction of sp³-hybridized carbons (Fsp3) is 0. The van der Waals surface area contributed by atoms with Crippen LogP contribution >= 0.6 is 12.4 Å². The summed E-state index contributed by atoms with van der Waals surface area (Å²) in [4.78, 5) is 27.8. The summed E-state index contributed by atoms with van der Waals surface area (Å²) in [6.07, 6.45) is 6.47. The molecule has 4 N–H and O–H groups in total. The summed E-state index contributed by atoms with van der Waals surface area (Å²) in [6, 6.07) is 21.3. The molecule has 4 aromatic rings. The van der Waals surface area contributed by atoms with Gasteiger partial charge >= 0.3 is 0 Å².